The minimum atomic E-state index is -0.794. The molecular formula is C26H27F2N3O6. The molecule has 1 aliphatic heterocycles. The maximum absolute atomic E-state index is 14.3. The first-order valence-corrected chi connectivity index (χ1v) is 11.6. The molecule has 37 heavy (non-hydrogen) atoms. The van der Waals surface area contributed by atoms with Crippen LogP contribution in [0.25, 0.3) is 11.1 Å². The van der Waals surface area contributed by atoms with Crippen LogP contribution in [0.15, 0.2) is 30.5 Å². The second-order valence-electron chi connectivity index (χ2n) is 8.41. The van der Waals surface area contributed by atoms with E-state index in [-0.39, 0.29) is 36.6 Å². The van der Waals surface area contributed by atoms with E-state index < -0.39 is 40.7 Å². The molecule has 1 fully saturated rings. The molecule has 0 radical (unpaired) electrons. The summed E-state index contributed by atoms with van der Waals surface area (Å²) in [4.78, 5) is 22.9. The predicted molar refractivity (Wildman–Crippen MR) is 129 cm³/mol. The Balaban J connectivity index is 1.78. The molecule has 3 aromatic rings. The average molecular weight is 516 g/mol. The van der Waals surface area contributed by atoms with Gasteiger partial charge >= 0.3 is 0 Å². The van der Waals surface area contributed by atoms with Crippen molar-refractivity contribution < 1.29 is 38.0 Å². The van der Waals surface area contributed by atoms with Crippen molar-refractivity contribution in [2.75, 3.05) is 33.9 Å². The van der Waals surface area contributed by atoms with Crippen molar-refractivity contribution in [1.29, 1.82) is 0 Å². The van der Waals surface area contributed by atoms with Crippen LogP contribution in [0.4, 0.5) is 8.78 Å². The predicted octanol–water partition coefficient (Wildman–Crippen LogP) is 4.02. The highest BCUT2D eigenvalue weighted by Crippen LogP contribution is 2.47. The SMILES string of the molecule is CCOCc1nc(O)c(C(=O)N2CCC(c3ncc(F)cc3F)C2)c(O)c1-c1c(OC)cccc1OC. The van der Waals surface area contributed by atoms with Crippen LogP contribution >= 0.6 is 0 Å². The summed E-state index contributed by atoms with van der Waals surface area (Å²) < 4.78 is 44.0. The van der Waals surface area contributed by atoms with Crippen LogP contribution < -0.4 is 9.47 Å². The number of likely N-dealkylation sites (tertiary alicyclic amines) is 1. The van der Waals surface area contributed by atoms with Gasteiger partial charge in [-0.1, -0.05) is 6.07 Å². The van der Waals surface area contributed by atoms with Crippen molar-refractivity contribution in [2.24, 2.45) is 0 Å². The molecule has 1 aromatic carbocycles. The molecule has 1 atom stereocenters. The lowest BCUT2D eigenvalue weighted by molar-refractivity contribution is 0.0782. The van der Waals surface area contributed by atoms with Gasteiger partial charge in [0.25, 0.3) is 5.91 Å². The van der Waals surface area contributed by atoms with E-state index in [2.05, 4.69) is 9.97 Å². The molecule has 4 rings (SSSR count). The van der Waals surface area contributed by atoms with Gasteiger partial charge in [-0.15, -0.1) is 0 Å². The van der Waals surface area contributed by atoms with E-state index in [1.807, 2.05) is 0 Å². The van der Waals surface area contributed by atoms with E-state index in [0.29, 0.717) is 30.1 Å². The van der Waals surface area contributed by atoms with Crippen molar-refractivity contribution in [3.05, 3.63) is 59.0 Å². The molecule has 1 unspecified atom stereocenters. The number of hydrogen-bond donors (Lipinski definition) is 2. The Hall–Kier alpha value is -3.99. The molecule has 2 aromatic heterocycles. The minimum Gasteiger partial charge on any atom is -0.506 e. The number of aromatic nitrogens is 2. The fraction of sp³-hybridized carbons (Fsp3) is 0.346. The molecule has 11 heteroatoms. The van der Waals surface area contributed by atoms with Crippen LogP contribution in [-0.2, 0) is 11.3 Å². The number of benzene rings is 1. The van der Waals surface area contributed by atoms with Gasteiger partial charge in [0.1, 0.15) is 34.4 Å². The number of methoxy groups -OCH3 is 2. The number of hydrogen-bond acceptors (Lipinski definition) is 8. The highest BCUT2D eigenvalue weighted by atomic mass is 19.1. The molecule has 2 N–H and O–H groups in total. The summed E-state index contributed by atoms with van der Waals surface area (Å²) in [5, 5.41) is 22.1. The molecule has 0 bridgehead atoms. The monoisotopic (exact) mass is 515 g/mol. The van der Waals surface area contributed by atoms with Crippen LogP contribution in [0.3, 0.4) is 0 Å². The van der Waals surface area contributed by atoms with Gasteiger partial charge in [-0.2, -0.15) is 0 Å². The first-order valence-electron chi connectivity index (χ1n) is 11.6. The molecule has 1 saturated heterocycles. The number of carbonyl (C=O) groups excluding carboxylic acids is 1. The summed E-state index contributed by atoms with van der Waals surface area (Å²) in [7, 11) is 2.90. The Morgan fingerprint density at radius 1 is 1.16 bits per heavy atom. The summed E-state index contributed by atoms with van der Waals surface area (Å²) >= 11 is 0. The van der Waals surface area contributed by atoms with E-state index in [4.69, 9.17) is 14.2 Å². The van der Waals surface area contributed by atoms with E-state index in [1.54, 1.807) is 25.1 Å². The second-order valence-corrected chi connectivity index (χ2v) is 8.41. The Kier molecular flexibility index (Phi) is 7.72. The standard InChI is InChI=1S/C26H27F2N3O6/c1-4-37-13-17-20(21-18(35-2)6-5-7-19(21)36-3)24(32)22(25(33)30-17)26(34)31-9-8-14(12-31)23-16(28)10-15(27)11-29-23/h5-7,10-11,14H,4,8-9,12-13H2,1-3H3,(H2,30,32,33). The molecule has 1 aliphatic rings. The van der Waals surface area contributed by atoms with Crippen molar-refractivity contribution in [1.82, 2.24) is 14.9 Å². The van der Waals surface area contributed by atoms with Gasteiger partial charge in [0.15, 0.2) is 0 Å². The highest BCUT2D eigenvalue weighted by Gasteiger charge is 2.35. The number of aromatic hydroxyl groups is 2. The van der Waals surface area contributed by atoms with Crippen molar-refractivity contribution in [3.63, 3.8) is 0 Å². The third kappa shape index (κ3) is 4.99. The third-order valence-electron chi connectivity index (χ3n) is 6.26. The summed E-state index contributed by atoms with van der Waals surface area (Å²) in [5.41, 5.74) is 0.253. The molecule has 196 valence electrons. The highest BCUT2D eigenvalue weighted by molar-refractivity contribution is 6.02. The number of nitrogens with zero attached hydrogens (tertiary/aromatic N) is 3. The van der Waals surface area contributed by atoms with Crippen LogP contribution in [0, 0.1) is 11.6 Å². The normalized spacial score (nSPS) is 15.2. The first kappa shape index (κ1) is 26.1. The first-order chi connectivity index (χ1) is 17.8. The van der Waals surface area contributed by atoms with Crippen molar-refractivity contribution >= 4 is 5.91 Å². The molecule has 0 saturated carbocycles. The molecule has 0 spiro atoms. The zero-order valence-electron chi connectivity index (χ0n) is 20.6. The number of carbonyl (C=O) groups is 1. The average Bonchev–Trinajstić information content (AvgIpc) is 3.37. The van der Waals surface area contributed by atoms with Gasteiger partial charge in [-0.3, -0.25) is 9.78 Å². The zero-order chi connectivity index (χ0) is 26.7. The van der Waals surface area contributed by atoms with E-state index >= 15 is 0 Å². The van der Waals surface area contributed by atoms with E-state index in [0.717, 1.165) is 12.3 Å². The summed E-state index contributed by atoms with van der Waals surface area (Å²) in [6.45, 7) is 2.32. The van der Waals surface area contributed by atoms with Gasteiger partial charge in [0.2, 0.25) is 5.88 Å². The topological polar surface area (TPSA) is 114 Å². The lowest BCUT2D eigenvalue weighted by atomic mass is 9.97. The summed E-state index contributed by atoms with van der Waals surface area (Å²) in [6, 6.07) is 5.77. The van der Waals surface area contributed by atoms with Crippen LogP contribution in [0.2, 0.25) is 0 Å². The molecule has 3 heterocycles. The largest absolute Gasteiger partial charge is 0.506 e. The summed E-state index contributed by atoms with van der Waals surface area (Å²) in [6.07, 6.45) is 1.29. The molecular weight excluding hydrogens is 488 g/mol. The fourth-order valence-electron chi connectivity index (χ4n) is 4.52. The minimum absolute atomic E-state index is 0.0507. The van der Waals surface area contributed by atoms with Crippen molar-refractivity contribution in [2.45, 2.75) is 25.9 Å². The second kappa shape index (κ2) is 11.0. The van der Waals surface area contributed by atoms with Crippen LogP contribution in [-0.4, -0.2) is 64.9 Å². The Morgan fingerprint density at radius 3 is 2.49 bits per heavy atom. The van der Waals surface area contributed by atoms with Gasteiger partial charge in [-0.25, -0.2) is 13.8 Å². The Morgan fingerprint density at radius 2 is 1.86 bits per heavy atom. The summed E-state index contributed by atoms with van der Waals surface area (Å²) in [5.74, 6) is -3.28. The number of ether oxygens (including phenoxy) is 3. The van der Waals surface area contributed by atoms with Crippen LogP contribution in [0.1, 0.15) is 41.0 Å². The quantitative estimate of drug-likeness (QED) is 0.463. The maximum atomic E-state index is 14.3. The van der Waals surface area contributed by atoms with Gasteiger partial charge in [0, 0.05) is 31.7 Å². The third-order valence-corrected chi connectivity index (χ3v) is 6.26. The Labute approximate surface area is 212 Å². The fourth-order valence-corrected chi connectivity index (χ4v) is 4.52. The van der Waals surface area contributed by atoms with Gasteiger partial charge in [0.05, 0.1) is 49.5 Å². The number of amides is 1. The van der Waals surface area contributed by atoms with E-state index in [9.17, 15) is 23.8 Å². The van der Waals surface area contributed by atoms with Crippen LogP contribution in [0.5, 0.6) is 23.1 Å². The number of rotatable bonds is 8. The molecule has 0 aliphatic carbocycles. The smallest absolute Gasteiger partial charge is 0.263 e. The van der Waals surface area contributed by atoms with E-state index in [1.165, 1.54) is 19.1 Å². The number of pyridine rings is 2. The lowest BCUT2D eigenvalue weighted by Crippen LogP contribution is -2.29. The lowest BCUT2D eigenvalue weighted by Gasteiger charge is -2.22. The Bertz CT molecular complexity index is 1300. The van der Waals surface area contributed by atoms with Gasteiger partial charge < -0.3 is 29.3 Å². The maximum Gasteiger partial charge on any atom is 0.263 e. The number of halogens is 2. The van der Waals surface area contributed by atoms with Gasteiger partial charge in [-0.05, 0) is 25.5 Å². The zero-order valence-corrected chi connectivity index (χ0v) is 20.6. The molecule has 1 amide bonds. The molecule has 9 nitrogen and oxygen atoms in total. The van der Waals surface area contributed by atoms with Crippen molar-refractivity contribution in [3.8, 4) is 34.3 Å².